The summed E-state index contributed by atoms with van der Waals surface area (Å²) in [7, 11) is 3.97. The molecule has 1 fully saturated rings. The van der Waals surface area contributed by atoms with Gasteiger partial charge in [0.25, 0.3) is 5.91 Å². The van der Waals surface area contributed by atoms with Gasteiger partial charge in [-0.2, -0.15) is 13.2 Å². The molecular weight excluding hydrogens is 359 g/mol. The van der Waals surface area contributed by atoms with Crippen molar-refractivity contribution in [1.82, 2.24) is 4.90 Å². The molecule has 0 saturated carbocycles. The summed E-state index contributed by atoms with van der Waals surface area (Å²) in [5, 5.41) is 9.10. The van der Waals surface area contributed by atoms with Crippen LogP contribution < -0.4 is 14.2 Å². The van der Waals surface area contributed by atoms with Crippen molar-refractivity contribution in [2.45, 2.75) is 12.6 Å². The zero-order chi connectivity index (χ0) is 19.7. The van der Waals surface area contributed by atoms with Crippen LogP contribution in [-0.2, 0) is 4.79 Å². The number of carboxylic acids is 1. The van der Waals surface area contributed by atoms with Gasteiger partial charge in [-0.05, 0) is 18.6 Å². The average molecular weight is 377 g/mol. The molecule has 1 aliphatic heterocycles. The van der Waals surface area contributed by atoms with E-state index >= 15 is 0 Å². The first-order chi connectivity index (χ1) is 12.1. The van der Waals surface area contributed by atoms with E-state index in [1.54, 1.807) is 0 Å². The number of halogens is 3. The second kappa shape index (κ2) is 6.93. The van der Waals surface area contributed by atoms with E-state index in [-0.39, 0.29) is 29.4 Å². The second-order valence-electron chi connectivity index (χ2n) is 5.74. The van der Waals surface area contributed by atoms with E-state index in [4.69, 9.17) is 19.3 Å². The molecule has 1 unspecified atom stereocenters. The molecule has 1 N–H and O–H groups in total. The Bertz CT molecular complexity index is 721. The standard InChI is InChI=1S/C16H18F3NO6/c1-24-10-5-4-9(11(25-2)12(10)26-3)13(21)20-7-6-15(8-20,14(22)23)16(17,18)19/h4-5H,6-8H2,1-3H3,(H,22,23). The highest BCUT2D eigenvalue weighted by Gasteiger charge is 2.64. The summed E-state index contributed by atoms with van der Waals surface area (Å²) in [6.45, 7) is -1.32. The minimum absolute atomic E-state index is 0.00307. The van der Waals surface area contributed by atoms with Crippen LogP contribution >= 0.6 is 0 Å². The number of nitrogens with zero attached hydrogens (tertiary/aromatic N) is 1. The molecule has 144 valence electrons. The molecule has 0 aromatic heterocycles. The summed E-state index contributed by atoms with van der Waals surface area (Å²) in [6.07, 6.45) is -5.69. The lowest BCUT2D eigenvalue weighted by Crippen LogP contribution is -2.47. The summed E-state index contributed by atoms with van der Waals surface area (Å²) in [5.41, 5.74) is -3.03. The third-order valence-electron chi connectivity index (χ3n) is 4.44. The normalized spacial score (nSPS) is 20.0. The Morgan fingerprint density at radius 2 is 1.73 bits per heavy atom. The van der Waals surface area contributed by atoms with Gasteiger partial charge in [0.2, 0.25) is 5.75 Å². The number of carbonyl (C=O) groups excluding carboxylic acids is 1. The third kappa shape index (κ3) is 2.99. The lowest BCUT2D eigenvalue weighted by atomic mass is 9.86. The Morgan fingerprint density at radius 1 is 1.12 bits per heavy atom. The fraction of sp³-hybridized carbons (Fsp3) is 0.500. The summed E-state index contributed by atoms with van der Waals surface area (Å²) in [4.78, 5) is 24.8. The Labute approximate surface area is 147 Å². The molecule has 0 radical (unpaired) electrons. The lowest BCUT2D eigenvalue weighted by molar-refractivity contribution is -0.227. The van der Waals surface area contributed by atoms with Crippen molar-refractivity contribution in [2.24, 2.45) is 5.41 Å². The number of likely N-dealkylation sites (tertiary alicyclic amines) is 1. The minimum atomic E-state index is -4.98. The van der Waals surface area contributed by atoms with Crippen LogP contribution in [0.2, 0.25) is 0 Å². The number of carboxylic acid groups (broad SMARTS) is 1. The van der Waals surface area contributed by atoms with Crippen molar-refractivity contribution in [3.05, 3.63) is 17.7 Å². The van der Waals surface area contributed by atoms with Crippen LogP contribution in [0.25, 0.3) is 0 Å². The topological polar surface area (TPSA) is 85.3 Å². The molecule has 1 aliphatic rings. The quantitative estimate of drug-likeness (QED) is 0.847. The number of ether oxygens (including phenoxy) is 3. The number of rotatable bonds is 5. The highest BCUT2D eigenvalue weighted by atomic mass is 19.4. The summed E-state index contributed by atoms with van der Waals surface area (Å²) < 4.78 is 55.3. The number of aliphatic carboxylic acids is 1. The molecule has 0 bridgehead atoms. The zero-order valence-electron chi connectivity index (χ0n) is 14.3. The summed E-state index contributed by atoms with van der Waals surface area (Å²) in [5.74, 6) is -2.40. The van der Waals surface area contributed by atoms with Gasteiger partial charge in [-0.25, -0.2) is 0 Å². The van der Waals surface area contributed by atoms with E-state index in [1.165, 1.54) is 33.5 Å². The van der Waals surface area contributed by atoms with Crippen LogP contribution in [0.15, 0.2) is 12.1 Å². The van der Waals surface area contributed by atoms with Crippen LogP contribution in [-0.4, -0.2) is 62.5 Å². The average Bonchev–Trinajstić information content (AvgIpc) is 3.06. The van der Waals surface area contributed by atoms with E-state index in [2.05, 4.69) is 0 Å². The molecule has 1 atom stereocenters. The molecule has 0 spiro atoms. The first-order valence-corrected chi connectivity index (χ1v) is 7.51. The van der Waals surface area contributed by atoms with Gasteiger partial charge in [0, 0.05) is 13.1 Å². The molecule has 1 aromatic rings. The maximum Gasteiger partial charge on any atom is 0.406 e. The van der Waals surface area contributed by atoms with Crippen molar-refractivity contribution in [3.8, 4) is 17.2 Å². The van der Waals surface area contributed by atoms with Crippen molar-refractivity contribution >= 4 is 11.9 Å². The number of hydrogen-bond donors (Lipinski definition) is 1. The molecule has 1 heterocycles. The molecule has 10 heteroatoms. The van der Waals surface area contributed by atoms with E-state index in [9.17, 15) is 22.8 Å². The fourth-order valence-electron chi connectivity index (χ4n) is 2.95. The SMILES string of the molecule is COc1ccc(C(=O)N2CCC(C(=O)O)(C(F)(F)F)C2)c(OC)c1OC. The van der Waals surface area contributed by atoms with Crippen LogP contribution in [0.3, 0.4) is 0 Å². The Balaban J connectivity index is 2.41. The summed E-state index contributed by atoms with van der Waals surface area (Å²) in [6, 6.07) is 2.75. The number of carbonyl (C=O) groups is 2. The van der Waals surface area contributed by atoms with Crippen molar-refractivity contribution in [3.63, 3.8) is 0 Å². The van der Waals surface area contributed by atoms with E-state index in [0.29, 0.717) is 0 Å². The van der Waals surface area contributed by atoms with E-state index < -0.39 is 36.4 Å². The number of benzene rings is 1. The van der Waals surface area contributed by atoms with Crippen molar-refractivity contribution in [1.29, 1.82) is 0 Å². The van der Waals surface area contributed by atoms with Gasteiger partial charge in [-0.3, -0.25) is 9.59 Å². The van der Waals surface area contributed by atoms with Gasteiger partial charge in [-0.15, -0.1) is 0 Å². The van der Waals surface area contributed by atoms with Gasteiger partial charge in [0.1, 0.15) is 0 Å². The van der Waals surface area contributed by atoms with Gasteiger partial charge in [0.05, 0.1) is 26.9 Å². The van der Waals surface area contributed by atoms with Gasteiger partial charge < -0.3 is 24.2 Å². The summed E-state index contributed by atoms with van der Waals surface area (Å²) >= 11 is 0. The first-order valence-electron chi connectivity index (χ1n) is 7.51. The van der Waals surface area contributed by atoms with E-state index in [0.717, 1.165) is 4.90 Å². The van der Waals surface area contributed by atoms with E-state index in [1.807, 2.05) is 0 Å². The first kappa shape index (κ1) is 19.7. The lowest BCUT2D eigenvalue weighted by Gasteiger charge is -2.27. The predicted octanol–water partition coefficient (Wildman–Crippen LogP) is 2.19. The molecule has 1 saturated heterocycles. The molecular formula is C16H18F3NO6. The van der Waals surface area contributed by atoms with Gasteiger partial charge in [0.15, 0.2) is 16.9 Å². The molecule has 26 heavy (non-hydrogen) atoms. The highest BCUT2D eigenvalue weighted by molar-refractivity contribution is 5.99. The number of hydrogen-bond acceptors (Lipinski definition) is 5. The van der Waals surface area contributed by atoms with Gasteiger partial charge in [-0.1, -0.05) is 0 Å². The maximum atomic E-state index is 13.3. The number of amides is 1. The number of methoxy groups -OCH3 is 3. The van der Waals surface area contributed by atoms with Crippen LogP contribution in [0.1, 0.15) is 16.8 Å². The Hall–Kier alpha value is -2.65. The van der Waals surface area contributed by atoms with Crippen molar-refractivity contribution < 1.29 is 42.1 Å². The molecule has 1 amide bonds. The molecule has 0 aliphatic carbocycles. The van der Waals surface area contributed by atoms with Crippen molar-refractivity contribution in [2.75, 3.05) is 34.4 Å². The van der Waals surface area contributed by atoms with Crippen LogP contribution in [0, 0.1) is 5.41 Å². The third-order valence-corrected chi connectivity index (χ3v) is 4.44. The zero-order valence-corrected chi connectivity index (χ0v) is 14.3. The van der Waals surface area contributed by atoms with Crippen LogP contribution in [0.5, 0.6) is 17.2 Å². The molecule has 1 aromatic carbocycles. The fourth-order valence-corrected chi connectivity index (χ4v) is 2.95. The highest BCUT2D eigenvalue weighted by Crippen LogP contribution is 2.47. The monoisotopic (exact) mass is 377 g/mol. The Morgan fingerprint density at radius 3 is 2.15 bits per heavy atom. The number of alkyl halides is 3. The molecule has 2 rings (SSSR count). The second-order valence-corrected chi connectivity index (χ2v) is 5.74. The smallest absolute Gasteiger partial charge is 0.406 e. The predicted molar refractivity (Wildman–Crippen MR) is 82.7 cm³/mol. The maximum absolute atomic E-state index is 13.3. The molecule has 7 nitrogen and oxygen atoms in total. The largest absolute Gasteiger partial charge is 0.493 e. The minimum Gasteiger partial charge on any atom is -0.493 e. The Kier molecular flexibility index (Phi) is 5.24. The van der Waals surface area contributed by atoms with Crippen LogP contribution in [0.4, 0.5) is 13.2 Å². The van der Waals surface area contributed by atoms with Gasteiger partial charge >= 0.3 is 12.1 Å².